The molecule has 3 aromatic rings. The molecule has 0 aromatic heterocycles. The van der Waals surface area contributed by atoms with E-state index in [1.54, 1.807) is 32.4 Å². The van der Waals surface area contributed by atoms with Crippen molar-refractivity contribution in [1.29, 1.82) is 0 Å². The second-order valence-corrected chi connectivity index (χ2v) is 7.66. The van der Waals surface area contributed by atoms with Crippen molar-refractivity contribution < 1.29 is 28.2 Å². The molecule has 0 unspecified atom stereocenters. The third kappa shape index (κ3) is 4.39. The summed E-state index contributed by atoms with van der Waals surface area (Å²) >= 11 is 0. The second-order valence-electron chi connectivity index (χ2n) is 7.66. The zero-order chi connectivity index (χ0) is 23.5. The van der Waals surface area contributed by atoms with Crippen molar-refractivity contribution in [3.05, 3.63) is 101 Å². The van der Waals surface area contributed by atoms with Crippen LogP contribution in [0.25, 0.3) is 5.57 Å². The van der Waals surface area contributed by atoms with Crippen LogP contribution in [0.4, 0.5) is 8.78 Å². The first-order chi connectivity index (χ1) is 15.9. The van der Waals surface area contributed by atoms with E-state index in [1.807, 2.05) is 12.1 Å². The topological polar surface area (TPSA) is 59.0 Å². The molecule has 0 saturated heterocycles. The molecule has 1 N–H and O–H groups in total. The number of methoxy groups -OCH3 is 2. The van der Waals surface area contributed by atoms with Gasteiger partial charge in [-0.05, 0) is 59.5 Å². The van der Waals surface area contributed by atoms with E-state index in [0.717, 1.165) is 5.56 Å². The highest BCUT2D eigenvalue weighted by Crippen LogP contribution is 2.43. The molecule has 1 amide bonds. The quantitative estimate of drug-likeness (QED) is 0.545. The molecule has 0 saturated carbocycles. The van der Waals surface area contributed by atoms with Crippen molar-refractivity contribution in [1.82, 2.24) is 4.90 Å². The van der Waals surface area contributed by atoms with E-state index in [-0.39, 0.29) is 6.54 Å². The number of aliphatic hydroxyl groups is 1. The largest absolute Gasteiger partial charge is 0.503 e. The van der Waals surface area contributed by atoms with Gasteiger partial charge in [0.15, 0.2) is 17.3 Å². The summed E-state index contributed by atoms with van der Waals surface area (Å²) in [6.45, 7) is 0.283. The van der Waals surface area contributed by atoms with Gasteiger partial charge in [0.1, 0.15) is 11.6 Å². The van der Waals surface area contributed by atoms with E-state index in [1.165, 1.54) is 41.3 Å². The molecular weight excluding hydrogens is 428 g/mol. The van der Waals surface area contributed by atoms with Gasteiger partial charge >= 0.3 is 0 Å². The van der Waals surface area contributed by atoms with Gasteiger partial charge in [-0.3, -0.25) is 4.79 Å². The molecular formula is C26H23F2NO4. The number of ether oxygens (including phenoxy) is 2. The van der Waals surface area contributed by atoms with Gasteiger partial charge in [0.05, 0.1) is 20.3 Å². The van der Waals surface area contributed by atoms with Crippen molar-refractivity contribution in [2.45, 2.75) is 12.5 Å². The van der Waals surface area contributed by atoms with Crippen LogP contribution in [0.15, 0.2) is 72.5 Å². The third-order valence-corrected chi connectivity index (χ3v) is 5.73. The average molecular weight is 451 g/mol. The molecule has 1 heterocycles. The molecule has 4 rings (SSSR count). The highest BCUT2D eigenvalue weighted by molar-refractivity contribution is 6.05. The number of carbonyl (C=O) groups excluding carboxylic acids is 1. The number of amides is 1. The lowest BCUT2D eigenvalue weighted by Crippen LogP contribution is -2.32. The van der Waals surface area contributed by atoms with Gasteiger partial charge in [0.2, 0.25) is 0 Å². The summed E-state index contributed by atoms with van der Waals surface area (Å²) in [4.78, 5) is 14.6. The molecule has 0 fully saturated rings. The first kappa shape index (κ1) is 22.3. The van der Waals surface area contributed by atoms with E-state index in [2.05, 4.69) is 0 Å². The SMILES string of the molecule is COc1ccc(CCN2C(=O)C(O)=C(c3ccc(F)cc3)[C@H]2c2ccc(F)cc2)cc1OC. The zero-order valence-corrected chi connectivity index (χ0v) is 18.2. The Balaban J connectivity index is 1.68. The van der Waals surface area contributed by atoms with E-state index in [0.29, 0.717) is 34.6 Å². The summed E-state index contributed by atoms with van der Waals surface area (Å²) in [7, 11) is 3.10. The van der Waals surface area contributed by atoms with Gasteiger partial charge in [-0.25, -0.2) is 8.78 Å². The predicted octanol–water partition coefficient (Wildman–Crippen LogP) is 5.08. The maximum atomic E-state index is 13.6. The second kappa shape index (κ2) is 9.32. The number of hydrogen-bond acceptors (Lipinski definition) is 4. The number of rotatable bonds is 7. The molecule has 1 aliphatic heterocycles. The maximum absolute atomic E-state index is 13.6. The van der Waals surface area contributed by atoms with Crippen LogP contribution in [0.5, 0.6) is 11.5 Å². The van der Waals surface area contributed by atoms with Gasteiger partial charge in [0.25, 0.3) is 5.91 Å². The van der Waals surface area contributed by atoms with Crippen LogP contribution in [0.3, 0.4) is 0 Å². The normalized spacial score (nSPS) is 15.8. The molecule has 0 spiro atoms. The minimum Gasteiger partial charge on any atom is -0.503 e. The summed E-state index contributed by atoms with van der Waals surface area (Å²) in [5, 5.41) is 10.8. The molecule has 170 valence electrons. The van der Waals surface area contributed by atoms with E-state index in [9.17, 15) is 18.7 Å². The number of halogens is 2. The number of aliphatic hydroxyl groups excluding tert-OH is 1. The van der Waals surface area contributed by atoms with E-state index < -0.39 is 29.3 Å². The van der Waals surface area contributed by atoms with Gasteiger partial charge < -0.3 is 19.5 Å². The fourth-order valence-corrected chi connectivity index (χ4v) is 4.09. The highest BCUT2D eigenvalue weighted by atomic mass is 19.1. The number of benzene rings is 3. The first-order valence-corrected chi connectivity index (χ1v) is 10.4. The van der Waals surface area contributed by atoms with Gasteiger partial charge in [-0.2, -0.15) is 0 Å². The Morgan fingerprint density at radius 1 is 0.879 bits per heavy atom. The van der Waals surface area contributed by atoms with Crippen LogP contribution in [0.2, 0.25) is 0 Å². The van der Waals surface area contributed by atoms with Crippen LogP contribution in [-0.4, -0.2) is 36.7 Å². The summed E-state index contributed by atoms with van der Waals surface area (Å²) in [5.41, 5.74) is 2.43. The molecule has 0 radical (unpaired) electrons. The lowest BCUT2D eigenvalue weighted by Gasteiger charge is -2.27. The van der Waals surface area contributed by atoms with Crippen LogP contribution in [0, 0.1) is 11.6 Å². The summed E-state index contributed by atoms with van der Waals surface area (Å²) in [6, 6.07) is 16.2. The first-order valence-electron chi connectivity index (χ1n) is 10.4. The Bertz CT molecular complexity index is 1190. The fourth-order valence-electron chi connectivity index (χ4n) is 4.09. The van der Waals surface area contributed by atoms with Crippen molar-refractivity contribution in [2.24, 2.45) is 0 Å². The monoisotopic (exact) mass is 451 g/mol. The Kier molecular flexibility index (Phi) is 6.31. The zero-order valence-electron chi connectivity index (χ0n) is 18.2. The minimum atomic E-state index is -0.649. The highest BCUT2D eigenvalue weighted by Gasteiger charge is 2.40. The lowest BCUT2D eigenvalue weighted by molar-refractivity contribution is -0.129. The lowest BCUT2D eigenvalue weighted by atomic mass is 9.93. The minimum absolute atomic E-state index is 0.283. The summed E-state index contributed by atoms with van der Waals surface area (Å²) in [6.07, 6.45) is 0.480. The van der Waals surface area contributed by atoms with E-state index >= 15 is 0 Å². The molecule has 1 aliphatic rings. The van der Waals surface area contributed by atoms with Crippen LogP contribution in [0.1, 0.15) is 22.7 Å². The third-order valence-electron chi connectivity index (χ3n) is 5.73. The standard InChI is InChI=1S/C26H23F2NO4/c1-32-21-12-3-16(15-22(21)33-2)13-14-29-24(18-6-10-20(28)11-7-18)23(25(30)26(29)31)17-4-8-19(27)9-5-17/h3-12,15,24,30H,13-14H2,1-2H3/t24-/m1/s1. The molecule has 33 heavy (non-hydrogen) atoms. The fraction of sp³-hybridized carbons (Fsp3) is 0.192. The van der Waals surface area contributed by atoms with Gasteiger partial charge in [-0.1, -0.05) is 30.3 Å². The molecule has 5 nitrogen and oxygen atoms in total. The van der Waals surface area contributed by atoms with E-state index in [4.69, 9.17) is 9.47 Å². The molecule has 0 aliphatic carbocycles. The number of carbonyl (C=O) groups is 1. The van der Waals surface area contributed by atoms with Crippen molar-refractivity contribution >= 4 is 11.5 Å². The summed E-state index contributed by atoms with van der Waals surface area (Å²) < 4.78 is 37.7. The maximum Gasteiger partial charge on any atom is 0.289 e. The van der Waals surface area contributed by atoms with Crippen LogP contribution >= 0.6 is 0 Å². The Morgan fingerprint density at radius 3 is 2.09 bits per heavy atom. The van der Waals surface area contributed by atoms with Gasteiger partial charge in [0, 0.05) is 12.1 Å². The van der Waals surface area contributed by atoms with Gasteiger partial charge in [-0.15, -0.1) is 0 Å². The van der Waals surface area contributed by atoms with Crippen molar-refractivity contribution in [3.8, 4) is 11.5 Å². The Morgan fingerprint density at radius 2 is 1.48 bits per heavy atom. The predicted molar refractivity (Wildman–Crippen MR) is 120 cm³/mol. The number of hydrogen-bond donors (Lipinski definition) is 1. The molecule has 7 heteroatoms. The van der Waals surface area contributed by atoms with Crippen LogP contribution < -0.4 is 9.47 Å². The molecule has 1 atom stereocenters. The smallest absolute Gasteiger partial charge is 0.289 e. The summed E-state index contributed by atoms with van der Waals surface area (Å²) in [5.74, 6) is -0.595. The average Bonchev–Trinajstić information content (AvgIpc) is 3.08. The van der Waals surface area contributed by atoms with Crippen molar-refractivity contribution in [2.75, 3.05) is 20.8 Å². The molecule has 0 bridgehead atoms. The number of nitrogens with zero attached hydrogens (tertiary/aromatic N) is 1. The Labute approximate surface area is 190 Å². The Hall–Kier alpha value is -3.87. The molecule has 3 aromatic carbocycles. The van der Waals surface area contributed by atoms with Crippen molar-refractivity contribution in [3.63, 3.8) is 0 Å². The van der Waals surface area contributed by atoms with Crippen LogP contribution in [-0.2, 0) is 11.2 Å².